The molecule has 0 radical (unpaired) electrons. The Labute approximate surface area is 120 Å². The molecule has 0 N–H and O–H groups in total. The number of nitro groups is 1. The van der Waals surface area contributed by atoms with E-state index in [1.165, 1.54) is 41.9 Å². The Bertz CT molecular complexity index is 763. The van der Waals surface area contributed by atoms with E-state index in [1.807, 2.05) is 0 Å². The van der Waals surface area contributed by atoms with Gasteiger partial charge >= 0.3 is 0 Å². The van der Waals surface area contributed by atoms with Gasteiger partial charge in [-0.05, 0) is 32.0 Å². The number of nitro benzene ring substituents is 1. The molecule has 0 bridgehead atoms. The molecule has 21 heavy (non-hydrogen) atoms. The van der Waals surface area contributed by atoms with Gasteiger partial charge < -0.3 is 0 Å². The molecule has 7 nitrogen and oxygen atoms in total. The second-order valence-electron chi connectivity index (χ2n) is 4.42. The molecule has 1 aromatic carbocycles. The van der Waals surface area contributed by atoms with Crippen LogP contribution in [0.2, 0.25) is 0 Å². The predicted molar refractivity (Wildman–Crippen MR) is 76.3 cm³/mol. The Balaban J connectivity index is 2.58. The molecule has 0 spiro atoms. The smallest absolute Gasteiger partial charge is 0.277 e. The van der Waals surface area contributed by atoms with Crippen molar-refractivity contribution < 1.29 is 9.72 Å². The summed E-state index contributed by atoms with van der Waals surface area (Å²) in [7, 11) is 0. The maximum atomic E-state index is 12.0. The first-order valence-corrected chi connectivity index (χ1v) is 6.32. The number of ketones is 1. The van der Waals surface area contributed by atoms with Crippen molar-refractivity contribution >= 4 is 11.5 Å². The van der Waals surface area contributed by atoms with Crippen molar-refractivity contribution in [3.63, 3.8) is 0 Å². The normalized spacial score (nSPS) is 10.4. The first kappa shape index (κ1) is 14.6. The summed E-state index contributed by atoms with van der Waals surface area (Å²) in [6.07, 6.45) is 0. The molecular formula is C14H13N3O4. The van der Waals surface area contributed by atoms with Crippen molar-refractivity contribution in [1.29, 1.82) is 0 Å². The van der Waals surface area contributed by atoms with Crippen molar-refractivity contribution in [1.82, 2.24) is 9.78 Å². The largest absolute Gasteiger partial charge is 0.294 e. The van der Waals surface area contributed by atoms with Crippen LogP contribution in [-0.2, 0) is 6.54 Å². The summed E-state index contributed by atoms with van der Waals surface area (Å²) >= 11 is 0. The maximum Gasteiger partial charge on any atom is 0.277 e. The highest BCUT2D eigenvalue weighted by molar-refractivity contribution is 5.94. The average molecular weight is 287 g/mol. The van der Waals surface area contributed by atoms with Gasteiger partial charge in [-0.15, -0.1) is 0 Å². The van der Waals surface area contributed by atoms with Crippen LogP contribution in [-0.4, -0.2) is 20.5 Å². The highest BCUT2D eigenvalue weighted by atomic mass is 16.6. The number of aryl methyl sites for hydroxylation is 1. The highest BCUT2D eigenvalue weighted by Gasteiger charge is 2.13. The molecule has 0 saturated heterocycles. The minimum atomic E-state index is -0.495. The molecule has 0 aliphatic heterocycles. The Morgan fingerprint density at radius 2 is 1.95 bits per heavy atom. The molecule has 1 heterocycles. The maximum absolute atomic E-state index is 12.0. The van der Waals surface area contributed by atoms with Gasteiger partial charge in [0.2, 0.25) is 0 Å². The summed E-state index contributed by atoms with van der Waals surface area (Å²) in [5.74, 6) is -0.340. The van der Waals surface area contributed by atoms with E-state index in [0.29, 0.717) is 17.8 Å². The number of hydrogen-bond acceptors (Lipinski definition) is 5. The number of aromatic nitrogens is 2. The second-order valence-corrected chi connectivity index (χ2v) is 4.42. The minimum Gasteiger partial charge on any atom is -0.294 e. The molecule has 2 rings (SSSR count). The predicted octanol–water partition coefficient (Wildman–Crippen LogP) is 2.04. The minimum absolute atomic E-state index is 0.0330. The zero-order valence-electron chi connectivity index (χ0n) is 11.6. The van der Waals surface area contributed by atoms with E-state index < -0.39 is 10.5 Å². The third-order valence-electron chi connectivity index (χ3n) is 3.03. The van der Waals surface area contributed by atoms with Gasteiger partial charge in [-0.25, -0.2) is 4.68 Å². The van der Waals surface area contributed by atoms with Gasteiger partial charge in [0.05, 0.1) is 16.2 Å². The topological polar surface area (TPSA) is 95.1 Å². The van der Waals surface area contributed by atoms with Crippen molar-refractivity contribution in [3.8, 4) is 11.3 Å². The van der Waals surface area contributed by atoms with E-state index >= 15 is 0 Å². The Morgan fingerprint density at radius 1 is 1.33 bits per heavy atom. The molecule has 7 heteroatoms. The monoisotopic (exact) mass is 287 g/mol. The molecule has 0 aliphatic carbocycles. The van der Waals surface area contributed by atoms with E-state index in [9.17, 15) is 19.7 Å². The number of Topliss-reactive ketones (excluding diaryl/α,β-unsaturated/α-hetero) is 1. The lowest BCUT2D eigenvalue weighted by Crippen LogP contribution is -2.27. The van der Waals surface area contributed by atoms with Crippen molar-refractivity contribution in [2.45, 2.75) is 20.4 Å². The molecule has 0 amide bonds. The summed E-state index contributed by atoms with van der Waals surface area (Å²) in [6.45, 7) is 3.40. The number of carbonyl (C=O) groups excluding carboxylic acids is 1. The standard InChI is InChI=1S/C14H13N3O4/c1-3-16-14(19)12(9(2)18)8-13(15-16)10-4-6-11(7-5-10)17(20)21/h4-8H,3H2,1-2H3. The van der Waals surface area contributed by atoms with Crippen LogP contribution >= 0.6 is 0 Å². The fourth-order valence-electron chi connectivity index (χ4n) is 1.90. The summed E-state index contributed by atoms with van der Waals surface area (Å²) < 4.78 is 1.20. The van der Waals surface area contributed by atoms with E-state index in [2.05, 4.69) is 5.10 Å². The summed E-state index contributed by atoms with van der Waals surface area (Å²) in [5.41, 5.74) is 0.618. The van der Waals surface area contributed by atoms with Crippen LogP contribution in [0.15, 0.2) is 35.1 Å². The van der Waals surface area contributed by atoms with Crippen molar-refractivity contribution in [2.75, 3.05) is 0 Å². The Morgan fingerprint density at radius 3 is 2.43 bits per heavy atom. The quantitative estimate of drug-likeness (QED) is 0.487. The zero-order chi connectivity index (χ0) is 15.6. The average Bonchev–Trinajstić information content (AvgIpc) is 2.47. The molecule has 2 aromatic rings. The summed E-state index contributed by atoms with van der Waals surface area (Å²) in [4.78, 5) is 33.6. The van der Waals surface area contributed by atoms with Gasteiger partial charge in [-0.2, -0.15) is 5.10 Å². The molecule has 0 unspecified atom stereocenters. The molecule has 0 atom stereocenters. The van der Waals surface area contributed by atoms with Gasteiger partial charge in [-0.1, -0.05) is 0 Å². The van der Waals surface area contributed by atoms with Gasteiger partial charge in [0.15, 0.2) is 5.78 Å². The van der Waals surface area contributed by atoms with Gasteiger partial charge in [0, 0.05) is 24.2 Å². The fraction of sp³-hybridized carbons (Fsp3) is 0.214. The van der Waals surface area contributed by atoms with E-state index in [1.54, 1.807) is 6.92 Å². The molecule has 108 valence electrons. The number of rotatable bonds is 4. The molecule has 0 saturated carbocycles. The lowest BCUT2D eigenvalue weighted by atomic mass is 10.1. The number of hydrogen-bond donors (Lipinski definition) is 0. The third kappa shape index (κ3) is 2.86. The second kappa shape index (κ2) is 5.66. The van der Waals surface area contributed by atoms with Crippen LogP contribution in [0.5, 0.6) is 0 Å². The first-order valence-electron chi connectivity index (χ1n) is 6.32. The van der Waals surface area contributed by atoms with Gasteiger partial charge in [-0.3, -0.25) is 19.7 Å². The van der Waals surface area contributed by atoms with Gasteiger partial charge in [0.25, 0.3) is 11.2 Å². The lowest BCUT2D eigenvalue weighted by molar-refractivity contribution is -0.384. The number of benzene rings is 1. The Hall–Kier alpha value is -2.83. The van der Waals surface area contributed by atoms with Crippen LogP contribution < -0.4 is 5.56 Å². The molecule has 0 aliphatic rings. The number of carbonyl (C=O) groups is 1. The molecule has 1 aromatic heterocycles. The molecular weight excluding hydrogens is 274 g/mol. The van der Waals surface area contributed by atoms with Crippen molar-refractivity contribution in [3.05, 3.63) is 56.4 Å². The number of nitrogens with zero attached hydrogens (tertiary/aromatic N) is 3. The van der Waals surface area contributed by atoms with Gasteiger partial charge in [0.1, 0.15) is 0 Å². The highest BCUT2D eigenvalue weighted by Crippen LogP contribution is 2.20. The summed E-state index contributed by atoms with van der Waals surface area (Å²) in [5, 5.41) is 14.8. The zero-order valence-corrected chi connectivity index (χ0v) is 11.6. The van der Waals surface area contributed by atoms with Crippen LogP contribution in [0, 0.1) is 10.1 Å². The fourth-order valence-corrected chi connectivity index (χ4v) is 1.90. The Kier molecular flexibility index (Phi) is 3.93. The third-order valence-corrected chi connectivity index (χ3v) is 3.03. The van der Waals surface area contributed by atoms with E-state index in [4.69, 9.17) is 0 Å². The van der Waals surface area contributed by atoms with Crippen LogP contribution in [0.1, 0.15) is 24.2 Å². The SMILES string of the molecule is CCn1nc(-c2ccc([N+](=O)[O-])cc2)cc(C(C)=O)c1=O. The lowest BCUT2D eigenvalue weighted by Gasteiger charge is -2.07. The van der Waals surface area contributed by atoms with Crippen LogP contribution in [0.3, 0.4) is 0 Å². The van der Waals surface area contributed by atoms with E-state index in [-0.39, 0.29) is 17.0 Å². The summed E-state index contributed by atoms with van der Waals surface area (Å²) in [6, 6.07) is 7.19. The van der Waals surface area contributed by atoms with Crippen LogP contribution in [0.4, 0.5) is 5.69 Å². The van der Waals surface area contributed by atoms with Crippen molar-refractivity contribution in [2.24, 2.45) is 0 Å². The van der Waals surface area contributed by atoms with Crippen LogP contribution in [0.25, 0.3) is 11.3 Å². The number of non-ortho nitro benzene ring substituents is 1. The first-order chi connectivity index (χ1) is 9.93. The molecule has 0 fully saturated rings. The van der Waals surface area contributed by atoms with E-state index in [0.717, 1.165) is 0 Å².